The maximum Gasteiger partial charge on any atom is 0.240 e. The summed E-state index contributed by atoms with van der Waals surface area (Å²) < 4.78 is 1.64. The molecule has 2 rings (SSSR count). The van der Waals surface area contributed by atoms with Crippen molar-refractivity contribution in [3.8, 4) is 5.88 Å². The summed E-state index contributed by atoms with van der Waals surface area (Å²) in [6.45, 7) is 7.82. The van der Waals surface area contributed by atoms with Crippen molar-refractivity contribution in [2.75, 3.05) is 0 Å². The van der Waals surface area contributed by atoms with Crippen molar-refractivity contribution in [1.82, 2.24) is 19.7 Å². The number of hydrogen-bond acceptors (Lipinski definition) is 4. The molecule has 2 heterocycles. The number of aromatic hydroxyl groups is 1. The minimum absolute atomic E-state index is 0.0605. The Hall–Kier alpha value is -2.17. The summed E-state index contributed by atoms with van der Waals surface area (Å²) in [5.41, 5.74) is 1.98. The minimum Gasteiger partial charge on any atom is -0.492 e. The van der Waals surface area contributed by atoms with Crippen molar-refractivity contribution in [2.45, 2.75) is 13.0 Å². The third-order valence-corrected chi connectivity index (χ3v) is 2.22. The second kappa shape index (κ2) is 4.14. The summed E-state index contributed by atoms with van der Waals surface area (Å²) in [4.78, 5) is 7.87. The molecule has 0 radical (unpaired) electrons. The van der Waals surface area contributed by atoms with Crippen molar-refractivity contribution in [2.24, 2.45) is 0 Å². The highest BCUT2D eigenvalue weighted by atomic mass is 16.3. The standard InChI is InChI=1S/C11H12N4O/c1-3-5-8-9-10(11(16)13-7-12-9)15(14-8)6-4-2/h3-4,7H,1-2,5-6H2,(H,12,13,16). The molecule has 82 valence electrons. The second-order valence-corrected chi connectivity index (χ2v) is 3.30. The molecule has 0 aliphatic carbocycles. The zero-order chi connectivity index (χ0) is 11.5. The van der Waals surface area contributed by atoms with E-state index in [0.717, 1.165) is 5.69 Å². The summed E-state index contributed by atoms with van der Waals surface area (Å²) in [6, 6.07) is 0. The molecule has 0 fully saturated rings. The Morgan fingerprint density at radius 2 is 2.12 bits per heavy atom. The maximum atomic E-state index is 9.69. The minimum atomic E-state index is -0.0605. The van der Waals surface area contributed by atoms with Gasteiger partial charge in [-0.2, -0.15) is 5.10 Å². The van der Waals surface area contributed by atoms with Crippen LogP contribution < -0.4 is 0 Å². The average Bonchev–Trinajstić information content (AvgIpc) is 2.60. The summed E-state index contributed by atoms with van der Waals surface area (Å²) >= 11 is 0. The van der Waals surface area contributed by atoms with Crippen LogP contribution in [-0.4, -0.2) is 24.9 Å². The van der Waals surface area contributed by atoms with E-state index in [2.05, 4.69) is 28.2 Å². The molecule has 2 aromatic heterocycles. The van der Waals surface area contributed by atoms with E-state index in [0.29, 0.717) is 24.0 Å². The first-order valence-electron chi connectivity index (χ1n) is 4.89. The Balaban J connectivity index is 2.70. The van der Waals surface area contributed by atoms with Gasteiger partial charge in [0.2, 0.25) is 5.88 Å². The highest BCUT2D eigenvalue weighted by Crippen LogP contribution is 2.23. The van der Waals surface area contributed by atoms with Crippen molar-refractivity contribution in [3.63, 3.8) is 0 Å². The third kappa shape index (κ3) is 1.56. The van der Waals surface area contributed by atoms with Gasteiger partial charge in [-0.25, -0.2) is 9.97 Å². The fraction of sp³-hybridized carbons (Fsp3) is 0.182. The molecule has 0 aromatic carbocycles. The van der Waals surface area contributed by atoms with Crippen LogP contribution in [0.15, 0.2) is 31.6 Å². The van der Waals surface area contributed by atoms with Gasteiger partial charge in [-0.1, -0.05) is 12.2 Å². The molecule has 0 saturated heterocycles. The number of nitrogens with zero attached hydrogens (tertiary/aromatic N) is 4. The molecule has 16 heavy (non-hydrogen) atoms. The number of rotatable bonds is 4. The van der Waals surface area contributed by atoms with E-state index in [9.17, 15) is 5.11 Å². The second-order valence-electron chi connectivity index (χ2n) is 3.30. The van der Waals surface area contributed by atoms with Gasteiger partial charge in [-0.3, -0.25) is 4.68 Å². The summed E-state index contributed by atoms with van der Waals surface area (Å²) in [7, 11) is 0. The molecule has 0 spiro atoms. The predicted octanol–water partition coefficient (Wildman–Crippen LogP) is 1.45. The van der Waals surface area contributed by atoms with Gasteiger partial charge in [-0.05, 0) is 0 Å². The van der Waals surface area contributed by atoms with Crippen LogP contribution in [0, 0.1) is 0 Å². The van der Waals surface area contributed by atoms with Crippen LogP contribution in [0.4, 0.5) is 0 Å². The lowest BCUT2D eigenvalue weighted by atomic mass is 10.2. The van der Waals surface area contributed by atoms with E-state index in [1.165, 1.54) is 6.33 Å². The first-order chi connectivity index (χ1) is 7.77. The van der Waals surface area contributed by atoms with Gasteiger partial charge in [0.15, 0.2) is 0 Å². The van der Waals surface area contributed by atoms with Gasteiger partial charge in [-0.15, -0.1) is 13.2 Å². The zero-order valence-corrected chi connectivity index (χ0v) is 8.80. The molecule has 0 aliphatic rings. The Morgan fingerprint density at radius 1 is 1.31 bits per heavy atom. The fourth-order valence-corrected chi connectivity index (χ4v) is 1.59. The number of hydrogen-bond donors (Lipinski definition) is 1. The van der Waals surface area contributed by atoms with E-state index in [1.54, 1.807) is 16.8 Å². The van der Waals surface area contributed by atoms with Gasteiger partial charge in [0.1, 0.15) is 17.4 Å². The number of fused-ring (bicyclic) bond motifs is 1. The van der Waals surface area contributed by atoms with Gasteiger partial charge < -0.3 is 5.11 Å². The molecule has 5 nitrogen and oxygen atoms in total. The molecule has 2 aromatic rings. The van der Waals surface area contributed by atoms with Crippen LogP contribution >= 0.6 is 0 Å². The Labute approximate surface area is 92.8 Å². The molecule has 1 N–H and O–H groups in total. The van der Waals surface area contributed by atoms with Crippen LogP contribution in [0.3, 0.4) is 0 Å². The van der Waals surface area contributed by atoms with E-state index in [1.807, 2.05) is 0 Å². The molecule has 0 atom stereocenters. The summed E-state index contributed by atoms with van der Waals surface area (Å²) in [6.07, 6.45) is 5.39. The van der Waals surface area contributed by atoms with Gasteiger partial charge in [0, 0.05) is 6.42 Å². The van der Waals surface area contributed by atoms with Crippen LogP contribution in [-0.2, 0) is 13.0 Å². The molecule has 5 heteroatoms. The normalized spacial score (nSPS) is 10.5. The van der Waals surface area contributed by atoms with E-state index >= 15 is 0 Å². The highest BCUT2D eigenvalue weighted by molar-refractivity contribution is 5.81. The Bertz CT molecular complexity index is 544. The van der Waals surface area contributed by atoms with E-state index in [4.69, 9.17) is 0 Å². The lowest BCUT2D eigenvalue weighted by molar-refractivity contribution is 0.454. The van der Waals surface area contributed by atoms with Crippen LogP contribution in [0.2, 0.25) is 0 Å². The monoisotopic (exact) mass is 216 g/mol. The largest absolute Gasteiger partial charge is 0.492 e. The topological polar surface area (TPSA) is 63.8 Å². The SMILES string of the molecule is C=CCc1nn(CC=C)c2c(O)ncnc12. The quantitative estimate of drug-likeness (QED) is 0.785. The molecule has 0 bridgehead atoms. The molecule has 0 unspecified atom stereocenters. The number of allylic oxidation sites excluding steroid dienone is 2. The number of aromatic nitrogens is 4. The predicted molar refractivity (Wildman–Crippen MR) is 61.1 cm³/mol. The Morgan fingerprint density at radius 3 is 2.81 bits per heavy atom. The van der Waals surface area contributed by atoms with Crippen LogP contribution in [0.1, 0.15) is 5.69 Å². The zero-order valence-electron chi connectivity index (χ0n) is 8.80. The average molecular weight is 216 g/mol. The van der Waals surface area contributed by atoms with Gasteiger partial charge in [0.05, 0.1) is 12.2 Å². The first kappa shape index (κ1) is 10.4. The van der Waals surface area contributed by atoms with Crippen LogP contribution in [0.5, 0.6) is 5.88 Å². The first-order valence-corrected chi connectivity index (χ1v) is 4.89. The van der Waals surface area contributed by atoms with E-state index in [-0.39, 0.29) is 5.88 Å². The lowest BCUT2D eigenvalue weighted by Gasteiger charge is -1.98. The van der Waals surface area contributed by atoms with E-state index < -0.39 is 0 Å². The fourth-order valence-electron chi connectivity index (χ4n) is 1.59. The van der Waals surface area contributed by atoms with Crippen molar-refractivity contribution >= 4 is 11.0 Å². The molecule has 0 amide bonds. The summed E-state index contributed by atoms with van der Waals surface area (Å²) in [5, 5.41) is 14.0. The van der Waals surface area contributed by atoms with Gasteiger partial charge in [0.25, 0.3) is 0 Å². The Kier molecular flexibility index (Phi) is 2.68. The molecule has 0 saturated carbocycles. The molecular formula is C11H12N4O. The summed E-state index contributed by atoms with van der Waals surface area (Å²) in [5.74, 6) is -0.0605. The highest BCUT2D eigenvalue weighted by Gasteiger charge is 2.14. The van der Waals surface area contributed by atoms with Gasteiger partial charge >= 0.3 is 0 Å². The lowest BCUT2D eigenvalue weighted by Crippen LogP contribution is -1.98. The van der Waals surface area contributed by atoms with Crippen molar-refractivity contribution < 1.29 is 5.11 Å². The third-order valence-electron chi connectivity index (χ3n) is 2.22. The van der Waals surface area contributed by atoms with Crippen molar-refractivity contribution in [1.29, 1.82) is 0 Å². The molecular weight excluding hydrogens is 204 g/mol. The maximum absolute atomic E-state index is 9.69. The smallest absolute Gasteiger partial charge is 0.240 e. The van der Waals surface area contributed by atoms with Crippen LogP contribution in [0.25, 0.3) is 11.0 Å². The molecule has 0 aliphatic heterocycles. The van der Waals surface area contributed by atoms with Crippen molar-refractivity contribution in [3.05, 3.63) is 37.3 Å².